The molecule has 2 aromatic heterocycles. The Labute approximate surface area is 165 Å². The van der Waals surface area contributed by atoms with Crippen molar-refractivity contribution in [1.82, 2.24) is 30.1 Å². The topological polar surface area (TPSA) is 69.0 Å². The molecule has 1 aromatic carbocycles. The van der Waals surface area contributed by atoms with E-state index in [9.17, 15) is 0 Å². The van der Waals surface area contributed by atoms with E-state index < -0.39 is 0 Å². The number of nitrogens with zero attached hydrogens (tertiary/aromatic N) is 6. The Balaban J connectivity index is 1.65. The molecule has 0 amide bonds. The van der Waals surface area contributed by atoms with Crippen molar-refractivity contribution in [3.8, 4) is 5.75 Å². The van der Waals surface area contributed by atoms with Crippen LogP contribution in [0.3, 0.4) is 0 Å². The number of benzene rings is 1. The maximum absolute atomic E-state index is 5.25. The number of hydrogen-bond donors (Lipinski definition) is 0. The molecule has 1 fully saturated rings. The number of pyridine rings is 1. The summed E-state index contributed by atoms with van der Waals surface area (Å²) in [6.45, 7) is 2.69. The predicted molar refractivity (Wildman–Crippen MR) is 106 cm³/mol. The highest BCUT2D eigenvalue weighted by Gasteiger charge is 2.29. The molecule has 3 aromatic rings. The molecule has 28 heavy (non-hydrogen) atoms. The summed E-state index contributed by atoms with van der Waals surface area (Å²) in [7, 11) is 1.67. The van der Waals surface area contributed by atoms with Crippen molar-refractivity contribution in [2.24, 2.45) is 0 Å². The van der Waals surface area contributed by atoms with Crippen LogP contribution >= 0.6 is 0 Å². The van der Waals surface area contributed by atoms with Gasteiger partial charge in [0, 0.05) is 6.20 Å². The van der Waals surface area contributed by atoms with Crippen LogP contribution in [0.5, 0.6) is 5.75 Å². The third-order valence-electron chi connectivity index (χ3n) is 5.27. The Morgan fingerprint density at radius 3 is 2.46 bits per heavy atom. The molecule has 1 saturated heterocycles. The Morgan fingerprint density at radius 2 is 1.79 bits per heavy atom. The van der Waals surface area contributed by atoms with Gasteiger partial charge >= 0.3 is 0 Å². The van der Waals surface area contributed by atoms with Gasteiger partial charge in [-0.2, -0.15) is 0 Å². The Bertz CT molecular complexity index is 856. The lowest BCUT2D eigenvalue weighted by Gasteiger charge is -2.29. The second-order valence-electron chi connectivity index (χ2n) is 7.15. The summed E-state index contributed by atoms with van der Waals surface area (Å²) in [5.41, 5.74) is 2.13. The van der Waals surface area contributed by atoms with Crippen molar-refractivity contribution >= 4 is 0 Å². The fraction of sp³-hybridized carbons (Fsp3) is 0.429. The molecule has 1 atom stereocenters. The zero-order chi connectivity index (χ0) is 19.2. The van der Waals surface area contributed by atoms with Crippen molar-refractivity contribution in [2.75, 3.05) is 20.2 Å². The van der Waals surface area contributed by atoms with Gasteiger partial charge < -0.3 is 4.74 Å². The van der Waals surface area contributed by atoms with Gasteiger partial charge in [-0.05, 0) is 66.2 Å². The molecule has 0 N–H and O–H groups in total. The molecular weight excluding hydrogens is 352 g/mol. The Morgan fingerprint density at radius 1 is 1.00 bits per heavy atom. The zero-order valence-corrected chi connectivity index (χ0v) is 16.2. The van der Waals surface area contributed by atoms with Gasteiger partial charge in [-0.15, -0.1) is 5.10 Å². The van der Waals surface area contributed by atoms with E-state index in [-0.39, 0.29) is 6.04 Å². The fourth-order valence-electron chi connectivity index (χ4n) is 3.80. The van der Waals surface area contributed by atoms with Crippen LogP contribution in [0.15, 0.2) is 48.7 Å². The summed E-state index contributed by atoms with van der Waals surface area (Å²) in [5.74, 6) is 1.69. The van der Waals surface area contributed by atoms with Gasteiger partial charge in [0.15, 0.2) is 5.82 Å². The second-order valence-corrected chi connectivity index (χ2v) is 7.15. The smallest absolute Gasteiger partial charge is 0.174 e. The van der Waals surface area contributed by atoms with Gasteiger partial charge in [0.2, 0.25) is 0 Å². The van der Waals surface area contributed by atoms with E-state index in [0.717, 1.165) is 35.9 Å². The second kappa shape index (κ2) is 8.93. The Hall–Kier alpha value is -2.80. The third kappa shape index (κ3) is 4.20. The zero-order valence-electron chi connectivity index (χ0n) is 16.2. The highest BCUT2D eigenvalue weighted by atomic mass is 16.5. The van der Waals surface area contributed by atoms with Crippen LogP contribution in [0, 0.1) is 0 Å². The molecule has 0 unspecified atom stereocenters. The molecule has 1 aliphatic rings. The molecule has 7 nitrogen and oxygen atoms in total. The number of hydrogen-bond acceptors (Lipinski definition) is 6. The largest absolute Gasteiger partial charge is 0.497 e. The number of likely N-dealkylation sites (tertiary alicyclic amines) is 1. The number of rotatable bonds is 6. The van der Waals surface area contributed by atoms with Gasteiger partial charge in [-0.1, -0.05) is 31.0 Å². The lowest BCUT2D eigenvalue weighted by atomic mass is 10.1. The third-order valence-corrected chi connectivity index (χ3v) is 5.27. The van der Waals surface area contributed by atoms with Crippen LogP contribution in [-0.4, -0.2) is 50.3 Å². The average molecular weight is 378 g/mol. The minimum atomic E-state index is -0.0347. The fourth-order valence-corrected chi connectivity index (χ4v) is 3.80. The van der Waals surface area contributed by atoms with Gasteiger partial charge in [0.05, 0.1) is 19.3 Å². The van der Waals surface area contributed by atoms with Crippen molar-refractivity contribution in [2.45, 2.75) is 38.3 Å². The van der Waals surface area contributed by atoms with E-state index >= 15 is 0 Å². The number of methoxy groups -OCH3 is 1. The monoisotopic (exact) mass is 378 g/mol. The molecule has 4 rings (SSSR count). The molecule has 0 radical (unpaired) electrons. The molecule has 146 valence electrons. The summed E-state index contributed by atoms with van der Waals surface area (Å²) in [4.78, 5) is 7.12. The van der Waals surface area contributed by atoms with E-state index in [1.807, 2.05) is 47.3 Å². The van der Waals surface area contributed by atoms with Crippen LogP contribution in [0.1, 0.15) is 48.8 Å². The van der Waals surface area contributed by atoms with Crippen LogP contribution in [0.4, 0.5) is 0 Å². The first kappa shape index (κ1) is 18.6. The van der Waals surface area contributed by atoms with Crippen LogP contribution in [-0.2, 0) is 6.54 Å². The molecule has 0 spiro atoms. The summed E-state index contributed by atoms with van der Waals surface area (Å²) in [6, 6.07) is 14.0. The molecule has 0 aliphatic carbocycles. The highest BCUT2D eigenvalue weighted by Crippen LogP contribution is 2.28. The minimum absolute atomic E-state index is 0.0347. The van der Waals surface area contributed by atoms with Crippen molar-refractivity contribution in [1.29, 1.82) is 0 Å². The number of aromatic nitrogens is 5. The van der Waals surface area contributed by atoms with E-state index in [0.29, 0.717) is 6.54 Å². The van der Waals surface area contributed by atoms with Crippen molar-refractivity contribution in [3.63, 3.8) is 0 Å². The molecule has 0 saturated carbocycles. The van der Waals surface area contributed by atoms with Gasteiger partial charge in [-0.25, -0.2) is 4.68 Å². The standard InChI is InChI=1S/C21H26N6O/c1-28-18-11-9-17(10-12-18)16-27-21(23-24-25-27)20(19-8-4-5-13-22-19)26-14-6-2-3-7-15-26/h4-5,8-13,20H,2-3,6-7,14-16H2,1H3/t20-/m1/s1. The van der Waals surface area contributed by atoms with E-state index in [2.05, 4.69) is 31.5 Å². The molecule has 0 bridgehead atoms. The van der Waals surface area contributed by atoms with Crippen molar-refractivity contribution in [3.05, 3.63) is 65.7 Å². The van der Waals surface area contributed by atoms with E-state index in [1.165, 1.54) is 25.7 Å². The van der Waals surface area contributed by atoms with E-state index in [1.54, 1.807) is 7.11 Å². The lowest BCUT2D eigenvalue weighted by Crippen LogP contribution is -2.33. The lowest BCUT2D eigenvalue weighted by molar-refractivity contribution is 0.218. The predicted octanol–water partition coefficient (Wildman–Crippen LogP) is 3.09. The van der Waals surface area contributed by atoms with Crippen LogP contribution in [0.25, 0.3) is 0 Å². The first-order valence-electron chi connectivity index (χ1n) is 9.89. The Kier molecular flexibility index (Phi) is 5.92. The van der Waals surface area contributed by atoms with Crippen LogP contribution in [0.2, 0.25) is 0 Å². The maximum Gasteiger partial charge on any atom is 0.174 e. The first-order valence-corrected chi connectivity index (χ1v) is 9.89. The molecule has 7 heteroatoms. The summed E-state index contributed by atoms with van der Waals surface area (Å²) >= 11 is 0. The normalized spacial score (nSPS) is 16.5. The minimum Gasteiger partial charge on any atom is -0.497 e. The summed E-state index contributed by atoms with van der Waals surface area (Å²) in [5, 5.41) is 12.7. The van der Waals surface area contributed by atoms with Crippen molar-refractivity contribution < 1.29 is 4.74 Å². The average Bonchev–Trinajstić information content (AvgIpc) is 3.02. The first-order chi connectivity index (χ1) is 13.8. The summed E-state index contributed by atoms with van der Waals surface area (Å²) in [6.07, 6.45) is 6.80. The number of tetrazole rings is 1. The highest BCUT2D eigenvalue weighted by molar-refractivity contribution is 5.27. The molecule has 3 heterocycles. The summed E-state index contributed by atoms with van der Waals surface area (Å²) < 4.78 is 7.15. The van der Waals surface area contributed by atoms with Crippen LogP contribution < -0.4 is 4.74 Å². The van der Waals surface area contributed by atoms with Gasteiger partial charge in [-0.3, -0.25) is 9.88 Å². The SMILES string of the molecule is COc1ccc(Cn2nnnc2[C@@H](c2ccccn2)N2CCCCCC2)cc1. The maximum atomic E-state index is 5.25. The number of ether oxygens (including phenoxy) is 1. The van der Waals surface area contributed by atoms with E-state index in [4.69, 9.17) is 4.74 Å². The van der Waals surface area contributed by atoms with Gasteiger partial charge in [0.25, 0.3) is 0 Å². The molecule has 1 aliphatic heterocycles. The molecular formula is C21H26N6O. The quantitative estimate of drug-likeness (QED) is 0.657. The van der Waals surface area contributed by atoms with Gasteiger partial charge in [0.1, 0.15) is 11.8 Å².